The van der Waals surface area contributed by atoms with E-state index in [1.165, 1.54) is 5.01 Å². The van der Waals surface area contributed by atoms with Crippen LogP contribution in [-0.2, 0) is 0 Å². The minimum atomic E-state index is 0.264. The largest absolute Gasteiger partial charge is 0.326 e. The molecule has 1 aromatic heterocycles. The van der Waals surface area contributed by atoms with E-state index < -0.39 is 0 Å². The molecule has 2 heterocycles. The predicted molar refractivity (Wildman–Crippen MR) is 59.4 cm³/mol. The standard InChI is InChI=1S/C10H17N3S/c1-3-13-5-4-8(11)9(13)10-12-7(2)6-14-10/h6,8-9H,3-5,11H2,1-2H3. The fourth-order valence-electron chi connectivity index (χ4n) is 2.08. The van der Waals surface area contributed by atoms with Gasteiger partial charge in [0.1, 0.15) is 5.01 Å². The Morgan fingerprint density at radius 2 is 2.50 bits per heavy atom. The molecule has 0 amide bonds. The lowest BCUT2D eigenvalue weighted by molar-refractivity contribution is 0.260. The zero-order valence-corrected chi connectivity index (χ0v) is 9.55. The maximum absolute atomic E-state index is 6.11. The molecule has 2 rings (SSSR count). The van der Waals surface area contributed by atoms with Crippen molar-refractivity contribution in [2.45, 2.75) is 32.4 Å². The number of aromatic nitrogens is 1. The molecule has 1 aliphatic rings. The number of hydrogen-bond acceptors (Lipinski definition) is 4. The minimum Gasteiger partial charge on any atom is -0.326 e. The first-order valence-corrected chi connectivity index (χ1v) is 6.02. The van der Waals surface area contributed by atoms with Crippen molar-refractivity contribution in [3.05, 3.63) is 16.1 Å². The van der Waals surface area contributed by atoms with E-state index in [-0.39, 0.29) is 6.04 Å². The van der Waals surface area contributed by atoms with E-state index in [0.717, 1.165) is 25.2 Å². The monoisotopic (exact) mass is 211 g/mol. The molecule has 0 spiro atoms. The maximum Gasteiger partial charge on any atom is 0.112 e. The molecule has 2 N–H and O–H groups in total. The Hall–Kier alpha value is -0.450. The minimum absolute atomic E-state index is 0.264. The first kappa shape index (κ1) is 10.1. The lowest BCUT2D eigenvalue weighted by Crippen LogP contribution is -2.31. The van der Waals surface area contributed by atoms with Crippen molar-refractivity contribution in [1.29, 1.82) is 0 Å². The Balaban J connectivity index is 2.22. The van der Waals surface area contributed by atoms with Crippen LogP contribution in [-0.4, -0.2) is 29.0 Å². The Morgan fingerprint density at radius 3 is 3.07 bits per heavy atom. The summed E-state index contributed by atoms with van der Waals surface area (Å²) in [7, 11) is 0. The summed E-state index contributed by atoms with van der Waals surface area (Å²) in [5.74, 6) is 0. The van der Waals surface area contributed by atoms with Crippen LogP contribution in [0.15, 0.2) is 5.38 Å². The van der Waals surface area contributed by atoms with Crippen molar-refractivity contribution in [2.24, 2.45) is 5.73 Å². The van der Waals surface area contributed by atoms with Crippen LogP contribution in [0.5, 0.6) is 0 Å². The van der Waals surface area contributed by atoms with E-state index in [0.29, 0.717) is 6.04 Å². The van der Waals surface area contributed by atoms with Crippen LogP contribution < -0.4 is 5.73 Å². The molecule has 3 nitrogen and oxygen atoms in total. The van der Waals surface area contributed by atoms with Crippen LogP contribution in [0.4, 0.5) is 0 Å². The maximum atomic E-state index is 6.11. The second-order valence-electron chi connectivity index (χ2n) is 3.85. The van der Waals surface area contributed by atoms with Gasteiger partial charge in [-0.25, -0.2) is 4.98 Å². The molecule has 14 heavy (non-hydrogen) atoms. The Bertz CT molecular complexity index is 310. The average Bonchev–Trinajstić information content (AvgIpc) is 2.71. The van der Waals surface area contributed by atoms with Gasteiger partial charge in [0, 0.05) is 23.7 Å². The third-order valence-corrected chi connectivity index (χ3v) is 3.88. The molecular formula is C10H17N3S. The summed E-state index contributed by atoms with van der Waals surface area (Å²) in [6, 6.07) is 0.624. The van der Waals surface area contributed by atoms with Crippen LogP contribution >= 0.6 is 11.3 Å². The van der Waals surface area contributed by atoms with Gasteiger partial charge in [-0.2, -0.15) is 0 Å². The highest BCUT2D eigenvalue weighted by molar-refractivity contribution is 7.09. The number of nitrogens with two attached hydrogens (primary N) is 1. The number of aryl methyl sites for hydroxylation is 1. The number of thiazole rings is 1. The van der Waals surface area contributed by atoms with Gasteiger partial charge in [-0.3, -0.25) is 4.90 Å². The number of nitrogens with zero attached hydrogens (tertiary/aromatic N) is 2. The van der Waals surface area contributed by atoms with Gasteiger partial charge in [0.15, 0.2) is 0 Å². The molecular weight excluding hydrogens is 194 g/mol. The van der Waals surface area contributed by atoms with Crippen LogP contribution in [0, 0.1) is 6.92 Å². The molecule has 1 fully saturated rings. The number of rotatable bonds is 2. The molecule has 0 radical (unpaired) electrons. The average molecular weight is 211 g/mol. The number of likely N-dealkylation sites (tertiary alicyclic amines) is 1. The summed E-state index contributed by atoms with van der Waals surface area (Å²) < 4.78 is 0. The van der Waals surface area contributed by atoms with Crippen molar-refractivity contribution in [3.63, 3.8) is 0 Å². The Labute approximate surface area is 88.9 Å². The molecule has 2 atom stereocenters. The lowest BCUT2D eigenvalue weighted by Gasteiger charge is -2.23. The second kappa shape index (κ2) is 3.96. The summed E-state index contributed by atoms with van der Waals surface area (Å²) in [4.78, 5) is 6.96. The summed E-state index contributed by atoms with van der Waals surface area (Å²) in [5.41, 5.74) is 7.22. The molecule has 1 aromatic rings. The quantitative estimate of drug-likeness (QED) is 0.807. The molecule has 0 aliphatic carbocycles. The third kappa shape index (κ3) is 1.69. The van der Waals surface area contributed by atoms with Gasteiger partial charge in [0.2, 0.25) is 0 Å². The SMILES string of the molecule is CCN1CCC(N)C1c1nc(C)cs1. The summed E-state index contributed by atoms with van der Waals surface area (Å²) in [5, 5.41) is 3.29. The first-order chi connectivity index (χ1) is 6.72. The van der Waals surface area contributed by atoms with Gasteiger partial charge >= 0.3 is 0 Å². The summed E-state index contributed by atoms with van der Waals surface area (Å²) in [6.07, 6.45) is 1.09. The van der Waals surface area contributed by atoms with Crippen molar-refractivity contribution >= 4 is 11.3 Å². The van der Waals surface area contributed by atoms with Crippen LogP contribution in [0.25, 0.3) is 0 Å². The third-order valence-electron chi connectivity index (χ3n) is 2.84. The van der Waals surface area contributed by atoms with E-state index in [2.05, 4.69) is 22.2 Å². The summed E-state index contributed by atoms with van der Waals surface area (Å²) in [6.45, 7) is 6.40. The van der Waals surface area contributed by atoms with Crippen LogP contribution in [0.1, 0.15) is 30.1 Å². The lowest BCUT2D eigenvalue weighted by atomic mass is 10.1. The second-order valence-corrected chi connectivity index (χ2v) is 4.74. The van der Waals surface area contributed by atoms with Crippen molar-refractivity contribution in [2.75, 3.05) is 13.1 Å². The highest BCUT2D eigenvalue weighted by Crippen LogP contribution is 2.32. The van der Waals surface area contributed by atoms with E-state index >= 15 is 0 Å². The number of likely N-dealkylation sites (N-methyl/N-ethyl adjacent to an activating group) is 1. The predicted octanol–water partition coefficient (Wildman–Crippen LogP) is 1.55. The first-order valence-electron chi connectivity index (χ1n) is 5.14. The van der Waals surface area contributed by atoms with Gasteiger partial charge in [0.25, 0.3) is 0 Å². The molecule has 1 aliphatic heterocycles. The van der Waals surface area contributed by atoms with Crippen LogP contribution in [0.3, 0.4) is 0 Å². The molecule has 4 heteroatoms. The Kier molecular flexibility index (Phi) is 2.85. The zero-order chi connectivity index (χ0) is 10.1. The molecule has 1 saturated heterocycles. The van der Waals surface area contributed by atoms with E-state index in [1.54, 1.807) is 11.3 Å². The summed E-state index contributed by atoms with van der Waals surface area (Å²) >= 11 is 1.74. The van der Waals surface area contributed by atoms with E-state index in [1.807, 2.05) is 6.92 Å². The van der Waals surface area contributed by atoms with Crippen molar-refractivity contribution in [3.8, 4) is 0 Å². The Morgan fingerprint density at radius 1 is 1.71 bits per heavy atom. The topological polar surface area (TPSA) is 42.1 Å². The van der Waals surface area contributed by atoms with Crippen LogP contribution in [0.2, 0.25) is 0 Å². The van der Waals surface area contributed by atoms with E-state index in [4.69, 9.17) is 5.73 Å². The molecule has 0 saturated carbocycles. The molecule has 2 unspecified atom stereocenters. The highest BCUT2D eigenvalue weighted by Gasteiger charge is 2.33. The fraction of sp³-hybridized carbons (Fsp3) is 0.700. The zero-order valence-electron chi connectivity index (χ0n) is 8.73. The molecule has 0 aromatic carbocycles. The van der Waals surface area contributed by atoms with Gasteiger partial charge in [-0.1, -0.05) is 6.92 Å². The van der Waals surface area contributed by atoms with E-state index in [9.17, 15) is 0 Å². The van der Waals surface area contributed by atoms with Gasteiger partial charge in [-0.15, -0.1) is 11.3 Å². The molecule has 78 valence electrons. The van der Waals surface area contributed by atoms with Gasteiger partial charge in [-0.05, 0) is 19.9 Å². The smallest absolute Gasteiger partial charge is 0.112 e. The van der Waals surface area contributed by atoms with Crippen molar-refractivity contribution < 1.29 is 0 Å². The van der Waals surface area contributed by atoms with Gasteiger partial charge in [0.05, 0.1) is 6.04 Å². The van der Waals surface area contributed by atoms with Crippen molar-refractivity contribution in [1.82, 2.24) is 9.88 Å². The number of hydrogen-bond donors (Lipinski definition) is 1. The molecule has 0 bridgehead atoms. The normalized spacial score (nSPS) is 28.5. The van der Waals surface area contributed by atoms with Gasteiger partial charge < -0.3 is 5.73 Å². The highest BCUT2D eigenvalue weighted by atomic mass is 32.1. The fourth-order valence-corrected chi connectivity index (χ4v) is 3.09.